The number of aromatic nitrogens is 3. The molecule has 0 aliphatic carbocycles. The second-order valence-corrected chi connectivity index (χ2v) is 10.6. The number of rotatable bonds is 9. The molecule has 5 N–H and O–H groups in total. The predicted octanol–water partition coefficient (Wildman–Crippen LogP) is 3.21. The zero-order valence-corrected chi connectivity index (χ0v) is 24.2. The number of nitrogens with zero attached hydrogens (tertiary/aromatic N) is 4. The molecular weight excluding hydrogens is 590 g/mol. The van der Waals surface area contributed by atoms with Crippen molar-refractivity contribution in [1.29, 1.82) is 0 Å². The molecule has 5 rings (SSSR count). The van der Waals surface area contributed by atoms with E-state index in [2.05, 4.69) is 25.6 Å². The van der Waals surface area contributed by atoms with Gasteiger partial charge in [-0.1, -0.05) is 36.4 Å². The van der Waals surface area contributed by atoms with Crippen LogP contribution in [0.25, 0.3) is 11.0 Å². The quantitative estimate of drug-likeness (QED) is 0.176. The van der Waals surface area contributed by atoms with Gasteiger partial charge in [-0.3, -0.25) is 14.4 Å². The highest BCUT2D eigenvalue weighted by Crippen LogP contribution is 2.24. The molecule has 2 aromatic carbocycles. The average Bonchev–Trinajstić information content (AvgIpc) is 3.04. The first kappa shape index (κ1) is 30.4. The number of hydrogen-bond acceptors (Lipinski definition) is 8. The number of H-pyrrole nitrogens is 1. The number of nitrogens with one attached hydrogen (secondary N) is 3. The van der Waals surface area contributed by atoms with Crippen molar-refractivity contribution in [3.8, 4) is 0 Å². The molecule has 4 aromatic rings. The van der Waals surface area contributed by atoms with Crippen molar-refractivity contribution in [1.82, 2.24) is 25.6 Å². The fourth-order valence-electron chi connectivity index (χ4n) is 5.06. The van der Waals surface area contributed by atoms with Gasteiger partial charge in [0.25, 0.3) is 17.4 Å². The van der Waals surface area contributed by atoms with Gasteiger partial charge in [-0.15, -0.1) is 0 Å². The number of carboxylic acid groups (broad SMARTS) is 1. The first-order valence-electron chi connectivity index (χ1n) is 13.9. The Balaban J connectivity index is 1.30. The molecule has 0 saturated carbocycles. The van der Waals surface area contributed by atoms with Gasteiger partial charge in [-0.25, -0.2) is 14.2 Å². The molecular formula is C30H30ClN7O6. The smallest absolute Gasteiger partial charge is 0.404 e. The van der Waals surface area contributed by atoms with Crippen LogP contribution in [-0.4, -0.2) is 68.8 Å². The zero-order chi connectivity index (χ0) is 31.2. The molecule has 228 valence electrons. The van der Waals surface area contributed by atoms with Crippen molar-refractivity contribution < 1.29 is 24.6 Å². The maximum Gasteiger partial charge on any atom is 0.404 e. The fourth-order valence-corrected chi connectivity index (χ4v) is 5.26. The molecule has 44 heavy (non-hydrogen) atoms. The minimum Gasteiger partial charge on any atom is -0.465 e. The Kier molecular flexibility index (Phi) is 9.36. The van der Waals surface area contributed by atoms with Gasteiger partial charge in [0.05, 0.1) is 11.7 Å². The van der Waals surface area contributed by atoms with Crippen LogP contribution in [-0.2, 0) is 0 Å². The molecule has 3 amide bonds. The molecule has 0 bridgehead atoms. The van der Waals surface area contributed by atoms with Crippen LogP contribution in [0.2, 0.25) is 0 Å². The van der Waals surface area contributed by atoms with Gasteiger partial charge in [-0.05, 0) is 49.1 Å². The molecule has 1 aliphatic heterocycles. The van der Waals surface area contributed by atoms with E-state index in [0.717, 1.165) is 9.98 Å². The van der Waals surface area contributed by atoms with E-state index in [1.807, 2.05) is 35.2 Å². The summed E-state index contributed by atoms with van der Waals surface area (Å²) in [5, 5.41) is 24.2. The summed E-state index contributed by atoms with van der Waals surface area (Å²) in [6.45, 7) is 0.940. The second kappa shape index (κ2) is 13.5. The largest absolute Gasteiger partial charge is 0.465 e. The number of fused-ring (bicyclic) bond motifs is 1. The van der Waals surface area contributed by atoms with Crippen LogP contribution in [0.4, 0.5) is 16.4 Å². The molecule has 3 heterocycles. The summed E-state index contributed by atoms with van der Waals surface area (Å²) in [6.07, 6.45) is 1.91. The van der Waals surface area contributed by atoms with Crippen molar-refractivity contribution in [3.63, 3.8) is 0 Å². The lowest BCUT2D eigenvalue weighted by Crippen LogP contribution is -2.44. The van der Waals surface area contributed by atoms with Crippen molar-refractivity contribution in [2.45, 2.75) is 31.3 Å². The van der Waals surface area contributed by atoms with Crippen LogP contribution in [0.15, 0.2) is 71.7 Å². The molecule has 1 saturated heterocycles. The van der Waals surface area contributed by atoms with Crippen LogP contribution < -0.4 is 25.5 Å². The highest BCUT2D eigenvalue weighted by molar-refractivity contribution is 6.39. The van der Waals surface area contributed by atoms with E-state index >= 15 is 0 Å². The van der Waals surface area contributed by atoms with E-state index in [9.17, 15) is 24.3 Å². The van der Waals surface area contributed by atoms with Crippen molar-refractivity contribution in [2.24, 2.45) is 0 Å². The van der Waals surface area contributed by atoms with E-state index in [1.54, 1.807) is 12.1 Å². The molecule has 0 spiro atoms. The maximum atomic E-state index is 13.3. The summed E-state index contributed by atoms with van der Waals surface area (Å²) in [5.41, 5.74) is 0.533. The number of aliphatic hydroxyl groups is 1. The van der Waals surface area contributed by atoms with Gasteiger partial charge in [0.1, 0.15) is 11.2 Å². The lowest BCUT2D eigenvalue weighted by molar-refractivity contribution is 0.0928. The molecule has 1 fully saturated rings. The number of carbonyl (C=O) groups is 3. The summed E-state index contributed by atoms with van der Waals surface area (Å²) in [4.78, 5) is 63.6. The van der Waals surface area contributed by atoms with Crippen molar-refractivity contribution in [3.05, 3.63) is 93.9 Å². The number of amides is 3. The van der Waals surface area contributed by atoms with Crippen molar-refractivity contribution >= 4 is 52.4 Å². The van der Waals surface area contributed by atoms with E-state index in [-0.39, 0.29) is 35.1 Å². The van der Waals surface area contributed by atoms with E-state index in [0.29, 0.717) is 43.7 Å². The van der Waals surface area contributed by atoms with Crippen LogP contribution in [0.5, 0.6) is 0 Å². The summed E-state index contributed by atoms with van der Waals surface area (Å²) in [7, 11) is 0. The van der Waals surface area contributed by atoms with Crippen LogP contribution in [0, 0.1) is 0 Å². The van der Waals surface area contributed by atoms with Crippen LogP contribution in [0.1, 0.15) is 51.6 Å². The van der Waals surface area contributed by atoms with E-state index in [4.69, 9.17) is 16.9 Å². The summed E-state index contributed by atoms with van der Waals surface area (Å²) < 4.78 is 0.764. The topological polar surface area (TPSA) is 181 Å². The first-order chi connectivity index (χ1) is 21.2. The minimum absolute atomic E-state index is 0.124. The summed E-state index contributed by atoms with van der Waals surface area (Å²) in [5.74, 6) is -0.860. The minimum atomic E-state index is -1.06. The Hall–Kier alpha value is -5.01. The third kappa shape index (κ3) is 6.96. The molecule has 1 aliphatic rings. The Morgan fingerprint density at radius 1 is 1.09 bits per heavy atom. The number of piperidine rings is 1. The van der Waals surface area contributed by atoms with E-state index in [1.165, 1.54) is 24.4 Å². The zero-order valence-electron chi connectivity index (χ0n) is 23.4. The molecule has 2 aromatic heterocycles. The number of aliphatic hydroxyl groups excluding tert-OH is 1. The van der Waals surface area contributed by atoms with Crippen LogP contribution >= 0.6 is 11.8 Å². The standard InChI is InChI=1S/C30H30ClN7O6/c31-38(22-8-4-7-19(15-22)26(40)34-24(11-14-39)18-5-2-1-3-6-18)28(42)23-16-20-17-32-29(36-25(20)35-27(23)41)37-12-9-21(10-13-37)33-30(43)44/h1-8,15-17,21,24,33,39H,9-14H2,(H,34,40)(H,43,44)(H,32,35,36,41). The van der Waals surface area contributed by atoms with Crippen LogP contribution in [0.3, 0.4) is 0 Å². The molecule has 13 nitrogen and oxygen atoms in total. The number of halogens is 1. The van der Waals surface area contributed by atoms with E-state index < -0.39 is 29.5 Å². The molecule has 1 atom stereocenters. The number of carbonyl (C=O) groups excluding carboxylic acids is 2. The maximum absolute atomic E-state index is 13.3. The first-order valence-corrected chi connectivity index (χ1v) is 14.3. The van der Waals surface area contributed by atoms with Gasteiger partial charge >= 0.3 is 6.09 Å². The lowest BCUT2D eigenvalue weighted by atomic mass is 10.0. The van der Waals surface area contributed by atoms with Gasteiger partial charge in [-0.2, -0.15) is 4.98 Å². The third-order valence-electron chi connectivity index (χ3n) is 7.35. The second-order valence-electron chi connectivity index (χ2n) is 10.3. The number of aromatic amines is 1. The third-order valence-corrected chi connectivity index (χ3v) is 7.70. The molecule has 14 heteroatoms. The van der Waals surface area contributed by atoms with Gasteiger partial charge in [0.15, 0.2) is 0 Å². The monoisotopic (exact) mass is 619 g/mol. The Bertz CT molecular complexity index is 1730. The molecule has 1 unspecified atom stereocenters. The van der Waals surface area contributed by atoms with Crippen molar-refractivity contribution in [2.75, 3.05) is 29.0 Å². The summed E-state index contributed by atoms with van der Waals surface area (Å²) in [6, 6.07) is 16.1. The van der Waals surface area contributed by atoms with Gasteiger partial charge in [0.2, 0.25) is 5.95 Å². The predicted molar refractivity (Wildman–Crippen MR) is 164 cm³/mol. The highest BCUT2D eigenvalue weighted by Gasteiger charge is 2.24. The SMILES string of the molecule is O=C(O)NC1CCN(c2ncc3cc(C(=O)N(Cl)c4cccc(C(=O)NC(CCO)c5ccccc5)c4)c(=O)[nH]c3n2)CC1. The molecule has 0 radical (unpaired) electrons. The fraction of sp³-hybridized carbons (Fsp3) is 0.267. The number of anilines is 2. The number of benzene rings is 2. The highest BCUT2D eigenvalue weighted by atomic mass is 35.5. The lowest BCUT2D eigenvalue weighted by Gasteiger charge is -2.31. The Labute approximate surface area is 256 Å². The average molecular weight is 620 g/mol. The number of hydrogen-bond donors (Lipinski definition) is 5. The summed E-state index contributed by atoms with van der Waals surface area (Å²) >= 11 is 6.40. The van der Waals surface area contributed by atoms with Gasteiger partial charge in [0, 0.05) is 54.7 Å². The Morgan fingerprint density at radius 3 is 2.55 bits per heavy atom. The normalized spacial score (nSPS) is 14.2. The number of pyridine rings is 1. The van der Waals surface area contributed by atoms with Gasteiger partial charge < -0.3 is 30.7 Å². The Morgan fingerprint density at radius 2 is 1.84 bits per heavy atom.